The molecule has 2 aliphatic rings. The summed E-state index contributed by atoms with van der Waals surface area (Å²) in [5, 5.41) is 0. The maximum atomic E-state index is 15.0. The van der Waals surface area contributed by atoms with Gasteiger partial charge >= 0.3 is 0 Å². The van der Waals surface area contributed by atoms with Crippen LogP contribution in [0.15, 0.2) is 42.5 Å². The van der Waals surface area contributed by atoms with E-state index in [0.29, 0.717) is 17.8 Å². The molecule has 0 N–H and O–H groups in total. The van der Waals surface area contributed by atoms with Gasteiger partial charge in [-0.3, -0.25) is 0 Å². The van der Waals surface area contributed by atoms with Crippen LogP contribution in [0.25, 0.3) is 0 Å². The Bertz CT molecular complexity index is 935. The molecule has 2 aromatic rings. The molecular formula is C33H47F. The Morgan fingerprint density at radius 3 is 2.12 bits per heavy atom. The van der Waals surface area contributed by atoms with Gasteiger partial charge in [0.25, 0.3) is 0 Å². The molecule has 2 aromatic carbocycles. The highest BCUT2D eigenvalue weighted by Gasteiger charge is 2.42. The van der Waals surface area contributed by atoms with Crippen molar-refractivity contribution in [2.45, 2.75) is 122 Å². The van der Waals surface area contributed by atoms with Crippen LogP contribution in [0.3, 0.4) is 0 Å². The topological polar surface area (TPSA) is 0 Å². The summed E-state index contributed by atoms with van der Waals surface area (Å²) in [5.74, 6) is 3.33. The van der Waals surface area contributed by atoms with Gasteiger partial charge in [-0.15, -0.1) is 0 Å². The first-order valence-electron chi connectivity index (χ1n) is 14.0. The molecule has 0 nitrogen and oxygen atoms in total. The van der Waals surface area contributed by atoms with Gasteiger partial charge in [0.15, 0.2) is 0 Å². The molecule has 0 aliphatic heterocycles. The van der Waals surface area contributed by atoms with E-state index in [1.165, 1.54) is 61.6 Å². The van der Waals surface area contributed by atoms with Crippen molar-refractivity contribution in [1.29, 1.82) is 0 Å². The Balaban J connectivity index is 1.36. The molecule has 0 aromatic heterocycles. The molecule has 0 amide bonds. The lowest BCUT2D eigenvalue weighted by atomic mass is 9.74. The van der Waals surface area contributed by atoms with Gasteiger partial charge in [0.1, 0.15) is 5.67 Å². The smallest absolute Gasteiger partial charge is 0.112 e. The molecule has 2 aliphatic carbocycles. The van der Waals surface area contributed by atoms with E-state index in [0.717, 1.165) is 18.3 Å². The van der Waals surface area contributed by atoms with Crippen LogP contribution in [0.4, 0.5) is 4.39 Å². The molecule has 4 rings (SSSR count). The number of halogens is 1. The molecular weight excluding hydrogens is 415 g/mol. The van der Waals surface area contributed by atoms with Crippen molar-refractivity contribution in [3.8, 4) is 0 Å². The normalized spacial score (nSPS) is 22.4. The molecule has 1 atom stereocenters. The van der Waals surface area contributed by atoms with Gasteiger partial charge in [-0.05, 0) is 123 Å². The first kappa shape index (κ1) is 25.5. The van der Waals surface area contributed by atoms with E-state index < -0.39 is 5.67 Å². The van der Waals surface area contributed by atoms with E-state index in [4.69, 9.17) is 0 Å². The van der Waals surface area contributed by atoms with Crippen LogP contribution in [-0.2, 0) is 6.42 Å². The van der Waals surface area contributed by atoms with Gasteiger partial charge in [0, 0.05) is 5.92 Å². The van der Waals surface area contributed by atoms with Crippen LogP contribution in [0.5, 0.6) is 0 Å². The molecule has 2 fully saturated rings. The number of hydrogen-bond donors (Lipinski definition) is 0. The Hall–Kier alpha value is -1.63. The predicted molar refractivity (Wildman–Crippen MR) is 145 cm³/mol. The Labute approximate surface area is 208 Å². The van der Waals surface area contributed by atoms with Crippen LogP contribution in [0.2, 0.25) is 0 Å². The number of hydrogen-bond acceptors (Lipinski definition) is 0. The molecule has 186 valence electrons. The lowest BCUT2D eigenvalue weighted by Gasteiger charge is -2.31. The molecule has 0 heterocycles. The van der Waals surface area contributed by atoms with E-state index in [1.54, 1.807) is 25.0 Å². The summed E-state index contributed by atoms with van der Waals surface area (Å²) in [6.07, 6.45) is 10.1. The summed E-state index contributed by atoms with van der Waals surface area (Å²) >= 11 is 0. The Morgan fingerprint density at radius 1 is 0.824 bits per heavy atom. The third-order valence-corrected chi connectivity index (χ3v) is 8.67. The summed E-state index contributed by atoms with van der Waals surface area (Å²) in [4.78, 5) is 0. The minimum atomic E-state index is -1.14. The van der Waals surface area contributed by atoms with Gasteiger partial charge in [0.05, 0.1) is 0 Å². The monoisotopic (exact) mass is 462 g/mol. The molecule has 0 radical (unpaired) electrons. The molecule has 2 saturated carbocycles. The lowest BCUT2D eigenvalue weighted by molar-refractivity contribution is 0.157. The Morgan fingerprint density at radius 2 is 1.53 bits per heavy atom. The van der Waals surface area contributed by atoms with Crippen LogP contribution in [-0.4, -0.2) is 5.67 Å². The maximum Gasteiger partial charge on any atom is 0.112 e. The minimum Gasteiger partial charge on any atom is -0.244 e. The second-order valence-corrected chi connectivity index (χ2v) is 12.6. The fourth-order valence-electron chi connectivity index (χ4n) is 6.57. The SMILES string of the molecule is CC(C)c1ccc(C(C)C)c(C2CCC(CCc3cccc(C(C4CC4)C(C)(C)F)c3)CC2)c1. The fourth-order valence-corrected chi connectivity index (χ4v) is 6.57. The van der Waals surface area contributed by atoms with Crippen molar-refractivity contribution in [1.82, 2.24) is 0 Å². The Kier molecular flexibility index (Phi) is 7.90. The quantitative estimate of drug-likeness (QED) is 0.348. The van der Waals surface area contributed by atoms with Crippen molar-refractivity contribution < 1.29 is 4.39 Å². The van der Waals surface area contributed by atoms with Gasteiger partial charge in [0.2, 0.25) is 0 Å². The van der Waals surface area contributed by atoms with Crippen LogP contribution >= 0.6 is 0 Å². The predicted octanol–water partition coefficient (Wildman–Crippen LogP) is 10.1. The van der Waals surface area contributed by atoms with Gasteiger partial charge in [-0.25, -0.2) is 4.39 Å². The van der Waals surface area contributed by atoms with Crippen molar-refractivity contribution in [2.24, 2.45) is 11.8 Å². The molecule has 34 heavy (non-hydrogen) atoms. The largest absolute Gasteiger partial charge is 0.244 e. The molecule has 0 saturated heterocycles. The zero-order valence-corrected chi connectivity index (χ0v) is 22.5. The summed E-state index contributed by atoms with van der Waals surface area (Å²) in [7, 11) is 0. The molecule has 1 unspecified atom stereocenters. The van der Waals surface area contributed by atoms with Gasteiger partial charge in [-0.1, -0.05) is 70.2 Å². The summed E-state index contributed by atoms with van der Waals surface area (Å²) in [5.41, 5.74) is 6.17. The van der Waals surface area contributed by atoms with Crippen molar-refractivity contribution >= 4 is 0 Å². The van der Waals surface area contributed by atoms with E-state index >= 15 is 0 Å². The lowest BCUT2D eigenvalue weighted by Crippen LogP contribution is -2.25. The first-order valence-corrected chi connectivity index (χ1v) is 14.0. The second-order valence-electron chi connectivity index (χ2n) is 12.6. The van der Waals surface area contributed by atoms with E-state index in [1.807, 2.05) is 0 Å². The third kappa shape index (κ3) is 6.13. The molecule has 0 bridgehead atoms. The van der Waals surface area contributed by atoms with Crippen molar-refractivity contribution in [3.63, 3.8) is 0 Å². The molecule has 0 spiro atoms. The van der Waals surface area contributed by atoms with E-state index in [2.05, 4.69) is 70.2 Å². The van der Waals surface area contributed by atoms with Crippen LogP contribution in [0, 0.1) is 11.8 Å². The zero-order valence-electron chi connectivity index (χ0n) is 22.5. The summed E-state index contributed by atoms with van der Waals surface area (Å²) in [6.45, 7) is 12.8. The summed E-state index contributed by atoms with van der Waals surface area (Å²) in [6, 6.07) is 16.2. The average molecular weight is 463 g/mol. The zero-order chi connectivity index (χ0) is 24.5. The van der Waals surface area contributed by atoms with Crippen LogP contribution < -0.4 is 0 Å². The third-order valence-electron chi connectivity index (χ3n) is 8.67. The number of alkyl halides is 1. The second kappa shape index (κ2) is 10.5. The van der Waals surface area contributed by atoms with E-state index in [9.17, 15) is 4.39 Å². The van der Waals surface area contributed by atoms with Gasteiger partial charge in [-0.2, -0.15) is 0 Å². The first-order chi connectivity index (χ1) is 16.1. The number of rotatable bonds is 9. The van der Waals surface area contributed by atoms with Crippen molar-refractivity contribution in [2.75, 3.05) is 0 Å². The van der Waals surface area contributed by atoms with Crippen LogP contribution in [0.1, 0.15) is 138 Å². The maximum absolute atomic E-state index is 15.0. The average Bonchev–Trinajstić information content (AvgIpc) is 3.62. The van der Waals surface area contributed by atoms with Crippen molar-refractivity contribution in [3.05, 3.63) is 70.3 Å². The standard InChI is InChI=1S/C33H47F/c1-22(2)28-18-19-30(23(3)4)31(21-28)26-14-12-24(13-15-26)10-11-25-8-7-9-29(20-25)32(27-16-17-27)33(5,6)34/h7-9,18-24,26-27,32H,10-17H2,1-6H3. The highest BCUT2D eigenvalue weighted by molar-refractivity contribution is 5.38. The number of aryl methyl sites for hydroxylation is 1. The van der Waals surface area contributed by atoms with Gasteiger partial charge < -0.3 is 0 Å². The molecule has 1 heteroatoms. The summed E-state index contributed by atoms with van der Waals surface area (Å²) < 4.78 is 15.0. The fraction of sp³-hybridized carbons (Fsp3) is 0.636. The minimum absolute atomic E-state index is 0.0552. The van der Waals surface area contributed by atoms with E-state index in [-0.39, 0.29) is 5.92 Å². The highest BCUT2D eigenvalue weighted by Crippen LogP contribution is 2.49. The highest BCUT2D eigenvalue weighted by atomic mass is 19.1. The number of benzene rings is 2.